The zero-order valence-electron chi connectivity index (χ0n) is 9.32. The first kappa shape index (κ1) is 13.7. The molecule has 0 aromatic heterocycles. The lowest BCUT2D eigenvalue weighted by Crippen LogP contribution is -2.07. The SMILES string of the molecule is COc1cc(C#CCN=[N+]=[N-])ccc1C(F)(F)F. The number of ether oxygens (including phenoxy) is 1. The second-order valence-corrected chi connectivity index (χ2v) is 3.10. The van der Waals surface area contributed by atoms with Gasteiger partial charge in [0.2, 0.25) is 0 Å². The second-order valence-electron chi connectivity index (χ2n) is 3.10. The topological polar surface area (TPSA) is 58.0 Å². The fourth-order valence-corrected chi connectivity index (χ4v) is 1.21. The third-order valence-corrected chi connectivity index (χ3v) is 1.95. The van der Waals surface area contributed by atoms with Crippen LogP contribution in [-0.2, 0) is 6.18 Å². The number of hydrogen-bond acceptors (Lipinski definition) is 2. The summed E-state index contributed by atoms with van der Waals surface area (Å²) in [5.41, 5.74) is 7.52. The molecule has 0 amide bonds. The van der Waals surface area contributed by atoms with Crippen molar-refractivity contribution in [3.63, 3.8) is 0 Å². The predicted molar refractivity (Wildman–Crippen MR) is 58.9 cm³/mol. The standard InChI is InChI=1S/C11H8F3N3O/c1-18-10-7-8(3-2-6-16-17-15)4-5-9(10)11(12,13)14/h4-5,7H,6H2,1H3. The number of hydrogen-bond donors (Lipinski definition) is 0. The molecular formula is C11H8F3N3O. The van der Waals surface area contributed by atoms with Gasteiger partial charge in [-0.1, -0.05) is 17.0 Å². The van der Waals surface area contributed by atoms with Gasteiger partial charge in [-0.25, -0.2) is 0 Å². The van der Waals surface area contributed by atoms with Crippen LogP contribution in [0.3, 0.4) is 0 Å². The van der Waals surface area contributed by atoms with E-state index in [-0.39, 0.29) is 12.3 Å². The van der Waals surface area contributed by atoms with Crippen LogP contribution in [0.2, 0.25) is 0 Å². The molecule has 0 unspecified atom stereocenters. The van der Waals surface area contributed by atoms with Crippen LogP contribution in [0, 0.1) is 11.8 Å². The monoisotopic (exact) mass is 255 g/mol. The lowest BCUT2D eigenvalue weighted by Gasteiger charge is -2.11. The molecule has 0 atom stereocenters. The Bertz CT molecular complexity index is 537. The predicted octanol–water partition coefficient (Wildman–Crippen LogP) is 3.38. The van der Waals surface area contributed by atoms with E-state index >= 15 is 0 Å². The number of benzene rings is 1. The fourth-order valence-electron chi connectivity index (χ4n) is 1.21. The average Bonchev–Trinajstić information content (AvgIpc) is 2.33. The van der Waals surface area contributed by atoms with Crippen molar-refractivity contribution in [1.29, 1.82) is 0 Å². The van der Waals surface area contributed by atoms with Gasteiger partial charge in [-0.05, 0) is 23.7 Å². The van der Waals surface area contributed by atoms with Crippen molar-refractivity contribution in [2.24, 2.45) is 5.11 Å². The highest BCUT2D eigenvalue weighted by atomic mass is 19.4. The molecule has 94 valence electrons. The van der Waals surface area contributed by atoms with E-state index in [1.54, 1.807) is 0 Å². The Hall–Kier alpha value is -2.32. The van der Waals surface area contributed by atoms with Gasteiger partial charge in [0.25, 0.3) is 0 Å². The molecule has 1 aromatic rings. The minimum absolute atomic E-state index is 0.0418. The van der Waals surface area contributed by atoms with Gasteiger partial charge in [0.1, 0.15) is 5.75 Å². The van der Waals surface area contributed by atoms with E-state index in [2.05, 4.69) is 26.6 Å². The molecule has 0 saturated carbocycles. The first-order valence-electron chi connectivity index (χ1n) is 4.74. The molecular weight excluding hydrogens is 247 g/mol. The number of halogens is 3. The lowest BCUT2D eigenvalue weighted by molar-refractivity contribution is -0.138. The maximum Gasteiger partial charge on any atom is 0.419 e. The summed E-state index contributed by atoms with van der Waals surface area (Å²) in [4.78, 5) is 2.50. The van der Waals surface area contributed by atoms with Gasteiger partial charge in [0.05, 0.1) is 19.2 Å². The molecule has 1 aromatic carbocycles. The van der Waals surface area contributed by atoms with Crippen molar-refractivity contribution in [3.05, 3.63) is 39.8 Å². The smallest absolute Gasteiger partial charge is 0.419 e. The minimum Gasteiger partial charge on any atom is -0.496 e. The van der Waals surface area contributed by atoms with E-state index in [1.807, 2.05) is 0 Å². The summed E-state index contributed by atoms with van der Waals surface area (Å²) in [7, 11) is 1.15. The second kappa shape index (κ2) is 5.84. The zero-order valence-corrected chi connectivity index (χ0v) is 9.32. The first-order chi connectivity index (χ1) is 8.49. The molecule has 4 nitrogen and oxygen atoms in total. The van der Waals surface area contributed by atoms with Crippen LogP contribution in [0.5, 0.6) is 5.75 Å². The molecule has 0 saturated heterocycles. The van der Waals surface area contributed by atoms with E-state index in [0.717, 1.165) is 13.2 Å². The Balaban J connectivity index is 3.05. The molecule has 0 N–H and O–H groups in total. The summed E-state index contributed by atoms with van der Waals surface area (Å²) in [6.07, 6.45) is -4.47. The summed E-state index contributed by atoms with van der Waals surface area (Å²) in [6.45, 7) is -0.0418. The largest absolute Gasteiger partial charge is 0.496 e. The normalized spacial score (nSPS) is 10.0. The van der Waals surface area contributed by atoms with Crippen LogP contribution in [0.1, 0.15) is 11.1 Å². The Morgan fingerprint density at radius 1 is 1.44 bits per heavy atom. The van der Waals surface area contributed by atoms with Crippen molar-refractivity contribution in [3.8, 4) is 17.6 Å². The average molecular weight is 255 g/mol. The molecule has 7 heteroatoms. The Kier molecular flexibility index (Phi) is 4.46. The fraction of sp³-hybridized carbons (Fsp3) is 0.273. The van der Waals surface area contributed by atoms with Crippen molar-refractivity contribution in [2.45, 2.75) is 6.18 Å². The number of alkyl halides is 3. The van der Waals surface area contributed by atoms with Crippen LogP contribution in [0.4, 0.5) is 13.2 Å². The Labute approximate surface area is 101 Å². The van der Waals surface area contributed by atoms with E-state index in [0.29, 0.717) is 5.56 Å². The van der Waals surface area contributed by atoms with Gasteiger partial charge in [0, 0.05) is 10.5 Å². The van der Waals surface area contributed by atoms with Crippen molar-refractivity contribution >= 4 is 0 Å². The van der Waals surface area contributed by atoms with E-state index < -0.39 is 11.7 Å². The molecule has 0 bridgehead atoms. The first-order valence-corrected chi connectivity index (χ1v) is 4.74. The highest BCUT2D eigenvalue weighted by Crippen LogP contribution is 2.36. The Morgan fingerprint density at radius 2 is 2.17 bits per heavy atom. The molecule has 1 rings (SSSR count). The van der Waals surface area contributed by atoms with Crippen molar-refractivity contribution in [2.75, 3.05) is 13.7 Å². The number of nitrogens with zero attached hydrogens (tertiary/aromatic N) is 3. The quantitative estimate of drug-likeness (QED) is 0.346. The van der Waals surface area contributed by atoms with Crippen molar-refractivity contribution in [1.82, 2.24) is 0 Å². The minimum atomic E-state index is -4.47. The third kappa shape index (κ3) is 3.61. The highest BCUT2D eigenvalue weighted by molar-refractivity contribution is 5.45. The van der Waals surface area contributed by atoms with Crippen LogP contribution in [0.25, 0.3) is 10.4 Å². The zero-order chi connectivity index (χ0) is 13.6. The number of rotatable bonds is 2. The van der Waals surface area contributed by atoms with Gasteiger partial charge in [-0.15, -0.1) is 0 Å². The highest BCUT2D eigenvalue weighted by Gasteiger charge is 2.34. The molecule has 0 aliphatic carbocycles. The van der Waals surface area contributed by atoms with Gasteiger partial charge < -0.3 is 4.74 Å². The van der Waals surface area contributed by atoms with Gasteiger partial charge in [-0.3, -0.25) is 0 Å². The van der Waals surface area contributed by atoms with Crippen LogP contribution < -0.4 is 4.74 Å². The van der Waals surface area contributed by atoms with E-state index in [4.69, 9.17) is 5.53 Å². The molecule has 0 aliphatic heterocycles. The molecule has 0 radical (unpaired) electrons. The molecule has 0 heterocycles. The van der Waals surface area contributed by atoms with E-state index in [9.17, 15) is 13.2 Å². The lowest BCUT2D eigenvalue weighted by atomic mass is 10.1. The van der Waals surface area contributed by atoms with Gasteiger partial charge >= 0.3 is 6.18 Å². The number of methoxy groups -OCH3 is 1. The molecule has 0 fully saturated rings. The van der Waals surface area contributed by atoms with Crippen LogP contribution in [0.15, 0.2) is 23.3 Å². The molecule has 0 spiro atoms. The number of azide groups is 1. The van der Waals surface area contributed by atoms with E-state index in [1.165, 1.54) is 12.1 Å². The summed E-state index contributed by atoms with van der Waals surface area (Å²) < 4.78 is 42.3. The summed E-state index contributed by atoms with van der Waals surface area (Å²) in [6, 6.07) is 3.32. The van der Waals surface area contributed by atoms with Crippen LogP contribution >= 0.6 is 0 Å². The third-order valence-electron chi connectivity index (χ3n) is 1.95. The molecule has 18 heavy (non-hydrogen) atoms. The van der Waals surface area contributed by atoms with Gasteiger partial charge in [0.15, 0.2) is 0 Å². The molecule has 0 aliphatic rings. The summed E-state index contributed by atoms with van der Waals surface area (Å²) >= 11 is 0. The maximum absolute atomic E-state index is 12.5. The maximum atomic E-state index is 12.5. The summed E-state index contributed by atoms with van der Waals surface area (Å²) in [5.74, 6) is 4.78. The van der Waals surface area contributed by atoms with Crippen LogP contribution in [-0.4, -0.2) is 13.7 Å². The Morgan fingerprint density at radius 3 is 2.72 bits per heavy atom. The van der Waals surface area contributed by atoms with Gasteiger partial charge in [-0.2, -0.15) is 13.2 Å². The summed E-state index contributed by atoms with van der Waals surface area (Å²) in [5, 5.41) is 3.18. The van der Waals surface area contributed by atoms with Crippen molar-refractivity contribution < 1.29 is 17.9 Å².